The number of aliphatic hydroxyl groups excluding tert-OH is 1. The molecule has 2 unspecified atom stereocenters. The molecule has 2 rings (SSSR count). The minimum absolute atomic E-state index is 0.144. The van der Waals surface area contributed by atoms with E-state index in [9.17, 15) is 5.11 Å². The fourth-order valence-electron chi connectivity index (χ4n) is 3.05. The van der Waals surface area contributed by atoms with Crippen molar-refractivity contribution in [3.8, 4) is 0 Å². The van der Waals surface area contributed by atoms with Gasteiger partial charge in [-0.15, -0.1) is 0 Å². The van der Waals surface area contributed by atoms with Gasteiger partial charge in [0.15, 0.2) is 0 Å². The van der Waals surface area contributed by atoms with Crippen molar-refractivity contribution in [1.82, 2.24) is 5.32 Å². The van der Waals surface area contributed by atoms with Gasteiger partial charge in [0.05, 0.1) is 6.10 Å². The molecule has 0 aliphatic heterocycles. The van der Waals surface area contributed by atoms with Gasteiger partial charge in [-0.3, -0.25) is 0 Å². The maximum Gasteiger partial charge on any atom is 0.0945 e. The van der Waals surface area contributed by atoms with Gasteiger partial charge in [-0.2, -0.15) is 0 Å². The number of aliphatic hydroxyl groups is 1. The molecular weight excluding hydrogens is 234 g/mol. The Balaban J connectivity index is 2.02. The molecular formula is C17H27NO. The molecule has 19 heavy (non-hydrogen) atoms. The van der Waals surface area contributed by atoms with Crippen molar-refractivity contribution in [2.24, 2.45) is 5.92 Å². The Morgan fingerprint density at radius 1 is 1.05 bits per heavy atom. The largest absolute Gasteiger partial charge is 0.387 e. The number of hydrogen-bond donors (Lipinski definition) is 2. The lowest BCUT2D eigenvalue weighted by Gasteiger charge is -2.33. The maximum absolute atomic E-state index is 10.6. The van der Waals surface area contributed by atoms with E-state index in [2.05, 4.69) is 19.2 Å². The van der Waals surface area contributed by atoms with Crippen LogP contribution in [0.1, 0.15) is 57.6 Å². The van der Waals surface area contributed by atoms with Crippen molar-refractivity contribution >= 4 is 0 Å². The minimum Gasteiger partial charge on any atom is -0.387 e. The molecule has 0 amide bonds. The molecule has 1 aromatic rings. The summed E-state index contributed by atoms with van der Waals surface area (Å²) in [6, 6.07) is 10.7. The quantitative estimate of drug-likeness (QED) is 0.847. The molecule has 2 heteroatoms. The van der Waals surface area contributed by atoms with Crippen LogP contribution in [0, 0.1) is 5.92 Å². The fraction of sp³-hybridized carbons (Fsp3) is 0.647. The highest BCUT2D eigenvalue weighted by Gasteiger charge is 2.27. The zero-order chi connectivity index (χ0) is 13.7. The van der Waals surface area contributed by atoms with E-state index in [4.69, 9.17) is 0 Å². The van der Waals surface area contributed by atoms with E-state index in [1.165, 1.54) is 32.1 Å². The van der Waals surface area contributed by atoms with E-state index >= 15 is 0 Å². The average Bonchev–Trinajstić information content (AvgIpc) is 2.46. The monoisotopic (exact) mass is 261 g/mol. The number of hydrogen-bond acceptors (Lipinski definition) is 2. The highest BCUT2D eigenvalue weighted by Crippen LogP contribution is 2.25. The van der Waals surface area contributed by atoms with Gasteiger partial charge in [0.2, 0.25) is 0 Å². The molecule has 0 heterocycles. The molecule has 2 N–H and O–H groups in total. The lowest BCUT2D eigenvalue weighted by Crippen LogP contribution is -2.45. The first-order valence-corrected chi connectivity index (χ1v) is 7.67. The molecule has 1 aliphatic rings. The molecule has 1 saturated carbocycles. The first-order chi connectivity index (χ1) is 9.18. The highest BCUT2D eigenvalue weighted by atomic mass is 16.3. The molecule has 106 valence electrons. The van der Waals surface area contributed by atoms with Crippen molar-refractivity contribution in [3.63, 3.8) is 0 Å². The van der Waals surface area contributed by atoms with Crippen LogP contribution in [0.15, 0.2) is 30.3 Å². The van der Waals surface area contributed by atoms with Gasteiger partial charge in [-0.05, 0) is 24.3 Å². The average molecular weight is 261 g/mol. The second kappa shape index (κ2) is 7.06. The van der Waals surface area contributed by atoms with Crippen LogP contribution in [-0.4, -0.2) is 17.2 Å². The molecule has 0 aromatic heterocycles. The first-order valence-electron chi connectivity index (χ1n) is 7.67. The standard InChI is InChI=1S/C17H27NO/c1-13(2)16(18-15-11-7-4-8-12-15)17(19)14-9-5-3-6-10-14/h3,5-6,9-10,13,15-19H,4,7-8,11-12H2,1-2H3. The summed E-state index contributed by atoms with van der Waals surface area (Å²) < 4.78 is 0. The van der Waals surface area contributed by atoms with Crippen LogP contribution in [0.3, 0.4) is 0 Å². The molecule has 1 aromatic carbocycles. The van der Waals surface area contributed by atoms with E-state index in [0.717, 1.165) is 5.56 Å². The molecule has 0 radical (unpaired) electrons. The Morgan fingerprint density at radius 2 is 1.68 bits per heavy atom. The normalized spacial score (nSPS) is 20.4. The summed E-state index contributed by atoms with van der Waals surface area (Å²) in [5, 5.41) is 14.3. The topological polar surface area (TPSA) is 32.3 Å². The highest BCUT2D eigenvalue weighted by molar-refractivity contribution is 5.19. The molecule has 2 atom stereocenters. The summed E-state index contributed by atoms with van der Waals surface area (Å²) in [6.45, 7) is 4.37. The van der Waals surface area contributed by atoms with Crippen molar-refractivity contribution < 1.29 is 5.11 Å². The van der Waals surface area contributed by atoms with Crippen molar-refractivity contribution in [3.05, 3.63) is 35.9 Å². The Kier molecular flexibility index (Phi) is 5.41. The second-order valence-corrected chi connectivity index (χ2v) is 6.13. The summed E-state index contributed by atoms with van der Waals surface area (Å²) in [6.07, 6.45) is 6.11. The first kappa shape index (κ1) is 14.5. The van der Waals surface area contributed by atoms with E-state index < -0.39 is 6.10 Å². The Morgan fingerprint density at radius 3 is 2.26 bits per heavy atom. The van der Waals surface area contributed by atoms with Gasteiger partial charge in [0.25, 0.3) is 0 Å². The zero-order valence-corrected chi connectivity index (χ0v) is 12.2. The van der Waals surface area contributed by atoms with Crippen LogP contribution in [0.5, 0.6) is 0 Å². The third-order valence-corrected chi connectivity index (χ3v) is 4.23. The van der Waals surface area contributed by atoms with E-state index in [1.54, 1.807) is 0 Å². The fourth-order valence-corrected chi connectivity index (χ4v) is 3.05. The van der Waals surface area contributed by atoms with Crippen LogP contribution in [-0.2, 0) is 0 Å². The van der Waals surface area contributed by atoms with Gasteiger partial charge < -0.3 is 10.4 Å². The summed E-state index contributed by atoms with van der Waals surface area (Å²) in [4.78, 5) is 0. The van der Waals surface area contributed by atoms with Crippen molar-refractivity contribution in [1.29, 1.82) is 0 Å². The smallest absolute Gasteiger partial charge is 0.0945 e. The van der Waals surface area contributed by atoms with E-state index in [0.29, 0.717) is 12.0 Å². The van der Waals surface area contributed by atoms with Gasteiger partial charge in [-0.1, -0.05) is 63.4 Å². The second-order valence-electron chi connectivity index (χ2n) is 6.13. The van der Waals surface area contributed by atoms with E-state index in [-0.39, 0.29) is 6.04 Å². The van der Waals surface area contributed by atoms with Crippen LogP contribution >= 0.6 is 0 Å². The van der Waals surface area contributed by atoms with Gasteiger partial charge in [0, 0.05) is 12.1 Å². The molecule has 1 fully saturated rings. The van der Waals surface area contributed by atoms with Crippen LogP contribution in [0.25, 0.3) is 0 Å². The zero-order valence-electron chi connectivity index (χ0n) is 12.2. The Labute approximate surface area is 117 Å². The van der Waals surface area contributed by atoms with Crippen LogP contribution in [0.2, 0.25) is 0 Å². The Hall–Kier alpha value is -0.860. The predicted molar refractivity (Wildman–Crippen MR) is 80.0 cm³/mol. The minimum atomic E-state index is -0.414. The molecule has 1 aliphatic carbocycles. The van der Waals surface area contributed by atoms with Crippen LogP contribution in [0.4, 0.5) is 0 Å². The molecule has 0 bridgehead atoms. The summed E-state index contributed by atoms with van der Waals surface area (Å²) >= 11 is 0. The van der Waals surface area contributed by atoms with Crippen molar-refractivity contribution in [2.45, 2.75) is 64.1 Å². The molecule has 2 nitrogen and oxygen atoms in total. The number of nitrogens with one attached hydrogen (secondary N) is 1. The van der Waals surface area contributed by atoms with Crippen molar-refractivity contribution in [2.75, 3.05) is 0 Å². The predicted octanol–water partition coefficient (Wildman–Crippen LogP) is 3.67. The molecule has 0 saturated heterocycles. The SMILES string of the molecule is CC(C)C(NC1CCCCC1)C(O)c1ccccc1. The van der Waals surface area contributed by atoms with Gasteiger partial charge in [-0.25, -0.2) is 0 Å². The third kappa shape index (κ3) is 4.05. The Bertz CT molecular complexity index is 357. The summed E-state index contributed by atoms with van der Waals surface area (Å²) in [5.74, 6) is 0.428. The lowest BCUT2D eigenvalue weighted by atomic mass is 9.89. The van der Waals surface area contributed by atoms with Gasteiger partial charge >= 0.3 is 0 Å². The maximum atomic E-state index is 10.6. The summed E-state index contributed by atoms with van der Waals surface area (Å²) in [7, 11) is 0. The number of rotatable bonds is 5. The lowest BCUT2D eigenvalue weighted by molar-refractivity contribution is 0.0934. The molecule has 0 spiro atoms. The van der Waals surface area contributed by atoms with E-state index in [1.807, 2.05) is 30.3 Å². The third-order valence-electron chi connectivity index (χ3n) is 4.23. The summed E-state index contributed by atoms with van der Waals surface area (Å²) in [5.41, 5.74) is 1.02. The van der Waals surface area contributed by atoms with Gasteiger partial charge in [0.1, 0.15) is 0 Å². The number of benzene rings is 1. The van der Waals surface area contributed by atoms with Crippen LogP contribution < -0.4 is 5.32 Å².